The molecule has 1 aromatic carbocycles. The van der Waals surface area contributed by atoms with Crippen LogP contribution in [-0.2, 0) is 0 Å². The molecule has 0 aromatic heterocycles. The molecule has 0 amide bonds. The van der Waals surface area contributed by atoms with Crippen molar-refractivity contribution in [3.05, 3.63) is 22.3 Å². The molecule has 1 aromatic rings. The monoisotopic (exact) mass is 252 g/mol. The summed E-state index contributed by atoms with van der Waals surface area (Å²) in [5.41, 5.74) is 0.127. The maximum Gasteiger partial charge on any atom is 0.205 e. The van der Waals surface area contributed by atoms with Gasteiger partial charge in [0.1, 0.15) is 5.76 Å². The molecule has 96 valence electrons. The Morgan fingerprint density at radius 2 is 1.50 bits per heavy atom. The Balaban J connectivity index is 3.09. The highest BCUT2D eigenvalue weighted by atomic mass is 16.3. The average molecular weight is 252 g/mol. The lowest BCUT2D eigenvalue weighted by molar-refractivity contribution is 0.340. The zero-order valence-corrected chi connectivity index (χ0v) is 9.42. The van der Waals surface area contributed by atoms with Crippen molar-refractivity contribution in [3.8, 4) is 23.0 Å². The van der Waals surface area contributed by atoms with Gasteiger partial charge in [0.05, 0.1) is 11.5 Å². The number of phenols is 4. The highest BCUT2D eigenvalue weighted by Crippen LogP contribution is 2.37. The van der Waals surface area contributed by atoms with Gasteiger partial charge in [-0.3, -0.25) is 0 Å². The Morgan fingerprint density at radius 3 is 2.06 bits per heavy atom. The van der Waals surface area contributed by atoms with Gasteiger partial charge in [0.2, 0.25) is 11.5 Å². The van der Waals surface area contributed by atoms with Crippen LogP contribution in [-0.4, -0.2) is 30.6 Å². The average Bonchev–Trinajstić information content (AvgIpc) is 2.33. The van der Waals surface area contributed by atoms with E-state index >= 15 is 0 Å². The minimum atomic E-state index is -0.932. The highest BCUT2D eigenvalue weighted by molar-refractivity contribution is 5.71. The van der Waals surface area contributed by atoms with E-state index in [2.05, 4.69) is 0 Å². The molecule has 0 spiro atoms. The SMILES string of the molecule is CC1C=c2c(O)c(O)c(O)c(O)c2=C(O)C1=CO. The fourth-order valence-corrected chi connectivity index (χ4v) is 2.00. The van der Waals surface area contributed by atoms with E-state index in [4.69, 9.17) is 5.11 Å². The summed E-state index contributed by atoms with van der Waals surface area (Å²) in [5.74, 6) is -4.10. The van der Waals surface area contributed by atoms with Gasteiger partial charge in [-0.15, -0.1) is 0 Å². The second-order valence-electron chi connectivity index (χ2n) is 4.07. The fourth-order valence-electron chi connectivity index (χ4n) is 2.00. The van der Waals surface area contributed by atoms with Gasteiger partial charge in [-0.2, -0.15) is 0 Å². The van der Waals surface area contributed by atoms with Gasteiger partial charge in [0, 0.05) is 16.7 Å². The molecule has 6 nitrogen and oxygen atoms in total. The second kappa shape index (κ2) is 3.76. The molecule has 0 bridgehead atoms. The third-order valence-corrected chi connectivity index (χ3v) is 2.99. The summed E-state index contributed by atoms with van der Waals surface area (Å²) in [6.45, 7) is 1.64. The first-order valence-electron chi connectivity index (χ1n) is 5.15. The van der Waals surface area contributed by atoms with Crippen LogP contribution in [0.4, 0.5) is 0 Å². The molecule has 0 aliphatic heterocycles. The Kier molecular flexibility index (Phi) is 2.50. The minimum Gasteiger partial charge on any atom is -0.515 e. The van der Waals surface area contributed by atoms with E-state index in [1.54, 1.807) is 6.92 Å². The van der Waals surface area contributed by atoms with E-state index in [0.717, 1.165) is 0 Å². The predicted octanol–water partition coefficient (Wildman–Crippen LogP) is 0.0473. The Bertz CT molecular complexity index is 671. The smallest absolute Gasteiger partial charge is 0.205 e. The molecule has 0 saturated carbocycles. The number of phenolic OH excluding ortho intramolecular Hbond substituents is 4. The standard InChI is InChI=1S/C12H12O6/c1-4-2-5-7(8(14)6(4)3-13)10(16)12(18)11(17)9(5)15/h2-4,13-18H,1H3. The Hall–Kier alpha value is -2.50. The van der Waals surface area contributed by atoms with Gasteiger partial charge in [0.15, 0.2) is 11.5 Å². The topological polar surface area (TPSA) is 121 Å². The van der Waals surface area contributed by atoms with Crippen LogP contribution in [0.25, 0.3) is 11.8 Å². The summed E-state index contributed by atoms with van der Waals surface area (Å²) in [5, 5.41) is 56.9. The van der Waals surface area contributed by atoms with Crippen molar-refractivity contribution >= 4 is 11.8 Å². The first kappa shape index (κ1) is 12.0. The van der Waals surface area contributed by atoms with Crippen molar-refractivity contribution < 1.29 is 30.6 Å². The summed E-state index contributed by atoms with van der Waals surface area (Å²) in [7, 11) is 0. The first-order chi connectivity index (χ1) is 8.40. The highest BCUT2D eigenvalue weighted by Gasteiger charge is 2.24. The van der Waals surface area contributed by atoms with Gasteiger partial charge in [-0.05, 0) is 0 Å². The molecule has 0 fully saturated rings. The molecule has 1 unspecified atom stereocenters. The number of fused-ring (bicyclic) bond motifs is 1. The number of hydrogen-bond acceptors (Lipinski definition) is 6. The van der Waals surface area contributed by atoms with E-state index < -0.39 is 34.7 Å². The maximum atomic E-state index is 9.92. The second-order valence-corrected chi connectivity index (χ2v) is 4.07. The molecular weight excluding hydrogens is 240 g/mol. The van der Waals surface area contributed by atoms with Gasteiger partial charge in [0.25, 0.3) is 0 Å². The van der Waals surface area contributed by atoms with Crippen LogP contribution in [0.5, 0.6) is 23.0 Å². The molecule has 2 rings (SSSR count). The van der Waals surface area contributed by atoms with Crippen molar-refractivity contribution in [3.63, 3.8) is 0 Å². The van der Waals surface area contributed by atoms with Crippen molar-refractivity contribution in [1.29, 1.82) is 0 Å². The van der Waals surface area contributed by atoms with Crippen molar-refractivity contribution in [1.82, 2.24) is 0 Å². The summed E-state index contributed by atoms with van der Waals surface area (Å²) in [6, 6.07) is 0. The van der Waals surface area contributed by atoms with Crippen LogP contribution in [0.3, 0.4) is 0 Å². The number of hydrogen-bond donors (Lipinski definition) is 6. The minimum absolute atomic E-state index is 0.00148. The molecular formula is C12H12O6. The zero-order valence-electron chi connectivity index (χ0n) is 9.42. The van der Waals surface area contributed by atoms with E-state index in [9.17, 15) is 25.5 Å². The van der Waals surface area contributed by atoms with Gasteiger partial charge in [-0.25, -0.2) is 0 Å². The van der Waals surface area contributed by atoms with E-state index in [1.165, 1.54) is 6.08 Å². The lowest BCUT2D eigenvalue weighted by Crippen LogP contribution is -2.33. The van der Waals surface area contributed by atoms with Crippen LogP contribution in [0.1, 0.15) is 6.92 Å². The van der Waals surface area contributed by atoms with Crippen molar-refractivity contribution in [2.45, 2.75) is 6.92 Å². The van der Waals surface area contributed by atoms with Crippen molar-refractivity contribution in [2.24, 2.45) is 5.92 Å². The maximum absolute atomic E-state index is 9.92. The summed E-state index contributed by atoms with van der Waals surface area (Å²) in [4.78, 5) is 0. The number of rotatable bonds is 0. The number of aliphatic hydroxyl groups excluding tert-OH is 2. The van der Waals surface area contributed by atoms with Gasteiger partial charge in [-0.1, -0.05) is 13.0 Å². The van der Waals surface area contributed by atoms with Crippen molar-refractivity contribution in [2.75, 3.05) is 0 Å². The molecule has 18 heavy (non-hydrogen) atoms. The third-order valence-electron chi connectivity index (χ3n) is 2.99. The van der Waals surface area contributed by atoms with Crippen LogP contribution >= 0.6 is 0 Å². The van der Waals surface area contributed by atoms with E-state index in [1.807, 2.05) is 0 Å². The number of aromatic hydroxyl groups is 4. The summed E-state index contributed by atoms with van der Waals surface area (Å²) >= 11 is 0. The molecule has 1 aliphatic carbocycles. The lowest BCUT2D eigenvalue weighted by Gasteiger charge is -2.17. The molecule has 6 heteroatoms. The normalized spacial score (nSPS) is 20.6. The van der Waals surface area contributed by atoms with Gasteiger partial charge < -0.3 is 30.6 Å². The summed E-state index contributed by atoms with van der Waals surface area (Å²) < 4.78 is 0. The number of aliphatic hydroxyl groups is 2. The summed E-state index contributed by atoms with van der Waals surface area (Å²) in [6.07, 6.45) is 2.12. The van der Waals surface area contributed by atoms with E-state index in [0.29, 0.717) is 6.26 Å². The molecule has 0 radical (unpaired) electrons. The first-order valence-corrected chi connectivity index (χ1v) is 5.15. The predicted molar refractivity (Wildman–Crippen MR) is 62.7 cm³/mol. The lowest BCUT2D eigenvalue weighted by atomic mass is 9.91. The molecule has 0 saturated heterocycles. The quantitative estimate of drug-likeness (QED) is 0.220. The Labute approximate surface area is 101 Å². The molecule has 6 N–H and O–H groups in total. The third kappa shape index (κ3) is 1.35. The molecule has 1 aliphatic rings. The number of benzene rings is 1. The van der Waals surface area contributed by atoms with Crippen LogP contribution in [0.15, 0.2) is 11.8 Å². The van der Waals surface area contributed by atoms with E-state index in [-0.39, 0.29) is 16.0 Å². The van der Waals surface area contributed by atoms with Crippen LogP contribution in [0, 0.1) is 5.92 Å². The van der Waals surface area contributed by atoms with Gasteiger partial charge >= 0.3 is 0 Å². The Morgan fingerprint density at radius 1 is 0.944 bits per heavy atom. The molecule has 0 heterocycles. The zero-order chi connectivity index (χ0) is 13.6. The largest absolute Gasteiger partial charge is 0.515 e. The molecule has 1 atom stereocenters. The van der Waals surface area contributed by atoms with Crippen LogP contribution < -0.4 is 10.4 Å². The van der Waals surface area contributed by atoms with Crippen LogP contribution in [0.2, 0.25) is 0 Å². The fraction of sp³-hybridized carbons (Fsp3) is 0.167.